The van der Waals surface area contributed by atoms with Crippen LogP contribution >= 0.6 is 11.3 Å². The van der Waals surface area contributed by atoms with Gasteiger partial charge in [0.25, 0.3) is 0 Å². The number of benzene rings is 1. The maximum absolute atomic E-state index is 13.3. The summed E-state index contributed by atoms with van der Waals surface area (Å²) in [6, 6.07) is 7.04. The summed E-state index contributed by atoms with van der Waals surface area (Å²) < 4.78 is 40.1. The molecule has 1 atom stereocenters. The second-order valence-corrected chi connectivity index (χ2v) is 7.24. The van der Waals surface area contributed by atoms with Crippen LogP contribution in [0.25, 0.3) is 0 Å². The number of sulfonamides is 1. The van der Waals surface area contributed by atoms with Crippen LogP contribution in [0, 0.1) is 5.82 Å². The third kappa shape index (κ3) is 3.56. The van der Waals surface area contributed by atoms with Crippen LogP contribution in [-0.2, 0) is 16.4 Å². The predicted molar refractivity (Wildman–Crippen MR) is 78.6 cm³/mol. The number of anilines is 1. The van der Waals surface area contributed by atoms with Gasteiger partial charge in [0.2, 0.25) is 10.0 Å². The number of halogens is 1. The molecule has 0 aliphatic carbocycles. The van der Waals surface area contributed by atoms with Crippen molar-refractivity contribution in [3.8, 4) is 0 Å². The molecule has 0 aliphatic rings. The maximum Gasteiger partial charge on any atom is 0.240 e. The minimum Gasteiger partial charge on any atom is -0.396 e. The quantitative estimate of drug-likeness (QED) is 0.832. The molecular formula is C13H15FN2O2S2. The molecule has 4 nitrogen and oxygen atoms in total. The summed E-state index contributed by atoms with van der Waals surface area (Å²) >= 11 is 1.57. The summed E-state index contributed by atoms with van der Waals surface area (Å²) in [6.45, 7) is 1.77. The van der Waals surface area contributed by atoms with Crippen molar-refractivity contribution in [3.63, 3.8) is 0 Å². The molecule has 7 heteroatoms. The van der Waals surface area contributed by atoms with E-state index in [4.69, 9.17) is 5.73 Å². The Hall–Kier alpha value is -1.44. The van der Waals surface area contributed by atoms with Gasteiger partial charge in [-0.05, 0) is 43.0 Å². The molecule has 0 spiro atoms. The first-order valence-corrected chi connectivity index (χ1v) is 8.34. The molecule has 2 aromatic rings. The lowest BCUT2D eigenvalue weighted by molar-refractivity contribution is 0.558. The van der Waals surface area contributed by atoms with E-state index in [1.54, 1.807) is 18.3 Å². The Kier molecular flexibility index (Phi) is 4.42. The fraction of sp³-hybridized carbons (Fsp3) is 0.231. The number of nitrogens with two attached hydrogens (primary N) is 1. The molecule has 2 rings (SSSR count). The molecule has 0 amide bonds. The summed E-state index contributed by atoms with van der Waals surface area (Å²) in [7, 11) is -3.74. The van der Waals surface area contributed by atoms with E-state index in [-0.39, 0.29) is 16.6 Å². The van der Waals surface area contributed by atoms with Gasteiger partial charge in [-0.2, -0.15) is 0 Å². The predicted octanol–water partition coefficient (Wildman–Crippen LogP) is 2.38. The second-order valence-electron chi connectivity index (χ2n) is 4.49. The number of nitrogens with one attached hydrogen (secondary N) is 1. The second kappa shape index (κ2) is 5.90. The van der Waals surface area contributed by atoms with Crippen molar-refractivity contribution in [2.24, 2.45) is 0 Å². The van der Waals surface area contributed by atoms with Gasteiger partial charge in [0, 0.05) is 10.9 Å². The van der Waals surface area contributed by atoms with Crippen molar-refractivity contribution in [3.05, 3.63) is 46.4 Å². The van der Waals surface area contributed by atoms with Crippen LogP contribution in [0.3, 0.4) is 0 Å². The van der Waals surface area contributed by atoms with Gasteiger partial charge in [0.15, 0.2) is 0 Å². The lowest BCUT2D eigenvalue weighted by Gasteiger charge is -2.13. The number of nitrogen functional groups attached to an aromatic ring is 1. The van der Waals surface area contributed by atoms with Gasteiger partial charge < -0.3 is 5.73 Å². The molecule has 1 unspecified atom stereocenters. The Bertz CT molecular complexity index is 684. The molecule has 3 N–H and O–H groups in total. The molecule has 0 aliphatic heterocycles. The SMILES string of the molecule is CC(Cc1cccs1)NS(=O)(=O)c1ccc(N)c(F)c1. The summed E-state index contributed by atoms with van der Waals surface area (Å²) in [5.41, 5.74) is 5.26. The number of rotatable bonds is 5. The third-order valence-electron chi connectivity index (χ3n) is 2.73. The Labute approximate surface area is 121 Å². The van der Waals surface area contributed by atoms with E-state index in [9.17, 15) is 12.8 Å². The van der Waals surface area contributed by atoms with Gasteiger partial charge in [-0.3, -0.25) is 0 Å². The van der Waals surface area contributed by atoms with Gasteiger partial charge in [0.05, 0.1) is 10.6 Å². The average molecular weight is 314 g/mol. The minimum atomic E-state index is -3.74. The summed E-state index contributed by atoms with van der Waals surface area (Å²) in [6.07, 6.45) is 0.592. The summed E-state index contributed by atoms with van der Waals surface area (Å²) in [4.78, 5) is 0.964. The van der Waals surface area contributed by atoms with E-state index in [0.29, 0.717) is 6.42 Å². The van der Waals surface area contributed by atoms with Crippen LogP contribution in [0.4, 0.5) is 10.1 Å². The van der Waals surface area contributed by atoms with E-state index in [2.05, 4.69) is 4.72 Å². The largest absolute Gasteiger partial charge is 0.396 e. The molecular weight excluding hydrogens is 299 g/mol. The van der Waals surface area contributed by atoms with Crippen molar-refractivity contribution in [2.45, 2.75) is 24.3 Å². The normalized spacial score (nSPS) is 13.3. The molecule has 20 heavy (non-hydrogen) atoms. The smallest absolute Gasteiger partial charge is 0.240 e. The van der Waals surface area contributed by atoms with Crippen molar-refractivity contribution < 1.29 is 12.8 Å². The number of hydrogen-bond acceptors (Lipinski definition) is 4. The van der Waals surface area contributed by atoms with Crippen LogP contribution in [0.5, 0.6) is 0 Å². The van der Waals surface area contributed by atoms with E-state index in [1.807, 2.05) is 17.5 Å². The topological polar surface area (TPSA) is 72.2 Å². The molecule has 108 valence electrons. The Morgan fingerprint density at radius 1 is 1.40 bits per heavy atom. The standard InChI is InChI=1S/C13H15FN2O2S2/c1-9(7-10-3-2-6-19-10)16-20(17,18)11-4-5-13(15)12(14)8-11/h2-6,8-9,16H,7,15H2,1H3. The Morgan fingerprint density at radius 2 is 2.15 bits per heavy atom. The van der Waals surface area contributed by atoms with E-state index in [1.165, 1.54) is 12.1 Å². The van der Waals surface area contributed by atoms with Crippen molar-refractivity contribution >= 4 is 27.0 Å². The fourth-order valence-corrected chi connectivity index (χ4v) is 3.87. The Balaban J connectivity index is 2.12. The molecule has 1 aromatic carbocycles. The lowest BCUT2D eigenvalue weighted by Crippen LogP contribution is -2.34. The lowest BCUT2D eigenvalue weighted by atomic mass is 10.2. The van der Waals surface area contributed by atoms with Crippen LogP contribution in [0.2, 0.25) is 0 Å². The monoisotopic (exact) mass is 314 g/mol. The fourth-order valence-electron chi connectivity index (χ4n) is 1.78. The van der Waals surface area contributed by atoms with E-state index < -0.39 is 15.8 Å². The third-order valence-corrected chi connectivity index (χ3v) is 5.21. The molecule has 0 fully saturated rings. The summed E-state index contributed by atoms with van der Waals surface area (Å²) in [5.74, 6) is -0.737. The first-order valence-electron chi connectivity index (χ1n) is 5.98. The van der Waals surface area contributed by atoms with Crippen LogP contribution in [0.1, 0.15) is 11.8 Å². The number of thiophene rings is 1. The van der Waals surface area contributed by atoms with E-state index in [0.717, 1.165) is 10.9 Å². The molecule has 1 heterocycles. The first-order chi connectivity index (χ1) is 9.38. The van der Waals surface area contributed by atoms with Gasteiger partial charge >= 0.3 is 0 Å². The van der Waals surface area contributed by atoms with Crippen molar-refractivity contribution in [1.29, 1.82) is 0 Å². The molecule has 0 saturated carbocycles. The zero-order chi connectivity index (χ0) is 14.8. The molecule has 0 radical (unpaired) electrons. The summed E-state index contributed by atoms with van der Waals surface area (Å²) in [5, 5.41) is 1.94. The van der Waals surface area contributed by atoms with Crippen LogP contribution in [0.15, 0.2) is 40.6 Å². The van der Waals surface area contributed by atoms with Crippen molar-refractivity contribution in [1.82, 2.24) is 4.72 Å². The van der Waals surface area contributed by atoms with Gasteiger partial charge in [-0.1, -0.05) is 6.07 Å². The zero-order valence-corrected chi connectivity index (χ0v) is 12.5. The zero-order valence-electron chi connectivity index (χ0n) is 10.8. The first kappa shape index (κ1) is 15.0. The van der Waals surface area contributed by atoms with Crippen LogP contribution in [-0.4, -0.2) is 14.5 Å². The van der Waals surface area contributed by atoms with E-state index >= 15 is 0 Å². The molecule has 0 bridgehead atoms. The maximum atomic E-state index is 13.3. The minimum absolute atomic E-state index is 0.0735. The highest BCUT2D eigenvalue weighted by Crippen LogP contribution is 2.17. The molecule has 1 aromatic heterocycles. The highest BCUT2D eigenvalue weighted by atomic mass is 32.2. The molecule has 0 saturated heterocycles. The average Bonchev–Trinajstić information content (AvgIpc) is 2.84. The highest BCUT2D eigenvalue weighted by Gasteiger charge is 2.19. The Morgan fingerprint density at radius 3 is 2.75 bits per heavy atom. The van der Waals surface area contributed by atoms with Gasteiger partial charge in [-0.15, -0.1) is 11.3 Å². The number of hydrogen-bond donors (Lipinski definition) is 2. The highest BCUT2D eigenvalue weighted by molar-refractivity contribution is 7.89. The van der Waals surface area contributed by atoms with Crippen molar-refractivity contribution in [2.75, 3.05) is 5.73 Å². The van der Waals surface area contributed by atoms with Gasteiger partial charge in [0.1, 0.15) is 5.82 Å². The van der Waals surface area contributed by atoms with Crippen LogP contribution < -0.4 is 10.5 Å². The van der Waals surface area contributed by atoms with Gasteiger partial charge in [-0.25, -0.2) is 17.5 Å².